The Labute approximate surface area is 248 Å². The summed E-state index contributed by atoms with van der Waals surface area (Å²) in [4.78, 5) is 53.1. The van der Waals surface area contributed by atoms with E-state index in [-0.39, 0.29) is 31.2 Å². The van der Waals surface area contributed by atoms with E-state index in [1.54, 1.807) is 13.0 Å². The predicted molar refractivity (Wildman–Crippen MR) is 162 cm³/mol. The second-order valence-corrected chi connectivity index (χ2v) is 12.2. The van der Waals surface area contributed by atoms with Gasteiger partial charge in [-0.25, -0.2) is 0 Å². The van der Waals surface area contributed by atoms with Gasteiger partial charge in [0.1, 0.15) is 11.7 Å². The van der Waals surface area contributed by atoms with Crippen LogP contribution in [0.25, 0.3) is 10.9 Å². The Balaban J connectivity index is 1.66. The molecule has 0 radical (unpaired) electrons. The van der Waals surface area contributed by atoms with Gasteiger partial charge < -0.3 is 31.1 Å². The molecule has 10 heteroatoms. The molecule has 1 aliphatic rings. The number of hydrogen-bond acceptors (Lipinski definition) is 5. The lowest BCUT2D eigenvalue weighted by Crippen LogP contribution is -2.52. The van der Waals surface area contributed by atoms with Crippen molar-refractivity contribution in [3.8, 4) is 0 Å². The molecule has 0 bridgehead atoms. The number of benzene rings is 1. The van der Waals surface area contributed by atoms with Crippen LogP contribution in [0, 0.1) is 17.8 Å². The molecule has 42 heavy (non-hydrogen) atoms. The van der Waals surface area contributed by atoms with Crippen molar-refractivity contribution >= 4 is 34.6 Å². The maximum atomic E-state index is 13.3. The summed E-state index contributed by atoms with van der Waals surface area (Å²) in [5, 5.41) is 29.8. The molecule has 1 heterocycles. The number of hydrogen-bond donors (Lipinski definition) is 6. The van der Waals surface area contributed by atoms with Crippen LogP contribution in [0.15, 0.2) is 30.3 Å². The van der Waals surface area contributed by atoms with Crippen LogP contribution in [0.5, 0.6) is 0 Å². The number of carboxylic acid groups (broad SMARTS) is 1. The molecule has 4 atom stereocenters. The van der Waals surface area contributed by atoms with Crippen molar-refractivity contribution in [1.29, 1.82) is 0 Å². The Hall–Kier alpha value is -3.40. The van der Waals surface area contributed by atoms with E-state index in [1.807, 2.05) is 38.1 Å². The minimum atomic E-state index is -0.957. The van der Waals surface area contributed by atoms with E-state index in [9.17, 15) is 24.3 Å². The highest BCUT2D eigenvalue weighted by molar-refractivity contribution is 6.00. The van der Waals surface area contributed by atoms with Crippen molar-refractivity contribution < 1.29 is 29.4 Å². The highest BCUT2D eigenvalue weighted by Gasteiger charge is 2.32. The number of carbonyl (C=O) groups is 4. The molecule has 1 unspecified atom stereocenters. The number of aliphatic carboxylic acids is 1. The lowest BCUT2D eigenvalue weighted by Gasteiger charge is -2.32. The summed E-state index contributed by atoms with van der Waals surface area (Å²) in [7, 11) is 0. The highest BCUT2D eigenvalue weighted by atomic mass is 16.4. The number of carbonyl (C=O) groups excluding carboxylic acids is 3. The van der Waals surface area contributed by atoms with Gasteiger partial charge in [0.05, 0.1) is 12.1 Å². The number of H-pyrrole nitrogens is 1. The van der Waals surface area contributed by atoms with Crippen LogP contribution in [0.2, 0.25) is 0 Å². The molecular formula is C32H48N4O6. The lowest BCUT2D eigenvalue weighted by molar-refractivity contribution is -0.137. The molecule has 232 valence electrons. The zero-order valence-electron chi connectivity index (χ0n) is 25.2. The van der Waals surface area contributed by atoms with E-state index < -0.39 is 41.9 Å². The van der Waals surface area contributed by atoms with Gasteiger partial charge in [-0.3, -0.25) is 19.2 Å². The van der Waals surface area contributed by atoms with Gasteiger partial charge in [0.15, 0.2) is 0 Å². The minimum absolute atomic E-state index is 0.0255. The van der Waals surface area contributed by atoms with Gasteiger partial charge in [-0.2, -0.15) is 0 Å². The van der Waals surface area contributed by atoms with Crippen molar-refractivity contribution in [2.24, 2.45) is 17.8 Å². The molecule has 3 amide bonds. The first-order valence-electron chi connectivity index (χ1n) is 15.4. The van der Waals surface area contributed by atoms with Crippen molar-refractivity contribution in [3.63, 3.8) is 0 Å². The quantitative estimate of drug-likeness (QED) is 0.163. The lowest BCUT2D eigenvalue weighted by atomic mass is 9.81. The molecule has 0 spiro atoms. The summed E-state index contributed by atoms with van der Waals surface area (Å²) in [6, 6.07) is 7.88. The third kappa shape index (κ3) is 10.5. The average Bonchev–Trinajstić information content (AvgIpc) is 3.39. The number of carboxylic acids is 1. The first kappa shape index (κ1) is 33.1. The molecule has 1 aromatic carbocycles. The smallest absolute Gasteiger partial charge is 0.303 e. The van der Waals surface area contributed by atoms with Crippen LogP contribution >= 0.6 is 0 Å². The van der Waals surface area contributed by atoms with E-state index in [0.29, 0.717) is 30.9 Å². The fourth-order valence-electron chi connectivity index (χ4n) is 5.87. The van der Waals surface area contributed by atoms with Gasteiger partial charge in [0.2, 0.25) is 11.8 Å². The Bertz CT molecular complexity index is 1160. The number of fused-ring (bicyclic) bond motifs is 1. The Kier molecular flexibility index (Phi) is 12.8. The fraction of sp³-hybridized carbons (Fsp3) is 0.625. The van der Waals surface area contributed by atoms with E-state index in [1.165, 1.54) is 6.42 Å². The van der Waals surface area contributed by atoms with E-state index >= 15 is 0 Å². The monoisotopic (exact) mass is 584 g/mol. The third-order valence-electron chi connectivity index (χ3n) is 8.14. The number of aromatic amines is 1. The van der Waals surface area contributed by atoms with Crippen molar-refractivity contribution in [1.82, 2.24) is 20.9 Å². The van der Waals surface area contributed by atoms with Crippen LogP contribution < -0.4 is 16.0 Å². The van der Waals surface area contributed by atoms with Crippen molar-refractivity contribution in [3.05, 3.63) is 36.0 Å². The number of aliphatic hydroxyl groups is 1. The molecule has 0 aliphatic heterocycles. The third-order valence-corrected chi connectivity index (χ3v) is 8.14. The number of amides is 3. The van der Waals surface area contributed by atoms with Gasteiger partial charge in [0.25, 0.3) is 5.91 Å². The van der Waals surface area contributed by atoms with Gasteiger partial charge in [0, 0.05) is 29.8 Å². The minimum Gasteiger partial charge on any atom is -0.481 e. The standard InChI is InChI=1S/C32H48N4O6/c1-20(2)16-24(31(41)33-15-9-14-29(38)39)19-28(37)26(17-22-10-5-4-6-11-22)36-30(40)21(3)34-32(42)27-18-23-12-7-8-13-25(23)35-27/h7-8,12-13,18,20-22,24,26,28,35,37H,4-6,9-11,14-17,19H2,1-3H3,(H,33,41)(H,34,42)(H,36,40)(H,38,39)/t21?,24-,26+,28+/m1/s1. The molecule has 3 rings (SSSR count). The average molecular weight is 585 g/mol. The Morgan fingerprint density at radius 1 is 0.976 bits per heavy atom. The number of aromatic nitrogens is 1. The fourth-order valence-corrected chi connectivity index (χ4v) is 5.87. The summed E-state index contributed by atoms with van der Waals surface area (Å²) < 4.78 is 0. The predicted octanol–water partition coefficient (Wildman–Crippen LogP) is 4.14. The van der Waals surface area contributed by atoms with Gasteiger partial charge in [-0.15, -0.1) is 0 Å². The number of aliphatic hydroxyl groups excluding tert-OH is 1. The zero-order valence-corrected chi connectivity index (χ0v) is 25.2. The molecule has 1 saturated carbocycles. The van der Waals surface area contributed by atoms with Crippen LogP contribution in [0.1, 0.15) is 95.5 Å². The second-order valence-electron chi connectivity index (χ2n) is 12.2. The summed E-state index contributed by atoms with van der Waals surface area (Å²) in [5.41, 5.74) is 1.19. The van der Waals surface area contributed by atoms with Crippen LogP contribution in [-0.4, -0.2) is 63.6 Å². The molecular weight excluding hydrogens is 536 g/mol. The van der Waals surface area contributed by atoms with E-state index in [0.717, 1.165) is 36.6 Å². The number of rotatable bonds is 16. The van der Waals surface area contributed by atoms with Crippen molar-refractivity contribution in [2.45, 2.75) is 103 Å². The van der Waals surface area contributed by atoms with Crippen molar-refractivity contribution in [2.75, 3.05) is 6.54 Å². The molecule has 0 saturated heterocycles. The van der Waals surface area contributed by atoms with E-state index in [2.05, 4.69) is 20.9 Å². The van der Waals surface area contributed by atoms with Gasteiger partial charge in [-0.05, 0) is 56.6 Å². The first-order chi connectivity index (χ1) is 20.0. The zero-order chi connectivity index (χ0) is 30.6. The normalized spacial score (nSPS) is 16.9. The first-order valence-corrected chi connectivity index (χ1v) is 15.4. The largest absolute Gasteiger partial charge is 0.481 e. The van der Waals surface area contributed by atoms with Gasteiger partial charge in [-0.1, -0.05) is 64.2 Å². The van der Waals surface area contributed by atoms with E-state index in [4.69, 9.17) is 5.11 Å². The summed E-state index contributed by atoms with van der Waals surface area (Å²) in [5.74, 6) is -1.81. The summed E-state index contributed by atoms with van der Waals surface area (Å²) in [6.07, 6.45) is 6.18. The highest BCUT2D eigenvalue weighted by Crippen LogP contribution is 2.29. The van der Waals surface area contributed by atoms with Crippen LogP contribution in [0.4, 0.5) is 0 Å². The molecule has 2 aromatic rings. The summed E-state index contributed by atoms with van der Waals surface area (Å²) >= 11 is 0. The van der Waals surface area contributed by atoms with Crippen LogP contribution in [-0.2, 0) is 14.4 Å². The Morgan fingerprint density at radius 2 is 1.69 bits per heavy atom. The summed E-state index contributed by atoms with van der Waals surface area (Å²) in [6.45, 7) is 5.89. The van der Waals surface area contributed by atoms with Gasteiger partial charge >= 0.3 is 5.97 Å². The maximum absolute atomic E-state index is 13.3. The Morgan fingerprint density at radius 3 is 2.36 bits per heavy atom. The maximum Gasteiger partial charge on any atom is 0.303 e. The molecule has 1 aliphatic carbocycles. The molecule has 10 nitrogen and oxygen atoms in total. The number of para-hydroxylation sites is 1. The molecule has 1 aromatic heterocycles. The SMILES string of the molecule is CC(C)C[C@H](C[C@H](O)[C@H](CC1CCCCC1)NC(=O)C(C)NC(=O)c1cc2ccccc2[nH]1)C(=O)NCCCC(=O)O. The molecule has 1 fully saturated rings. The second kappa shape index (κ2) is 16.3. The number of nitrogens with one attached hydrogen (secondary N) is 4. The molecule has 6 N–H and O–H groups in total. The van der Waals surface area contributed by atoms with Crippen LogP contribution in [0.3, 0.4) is 0 Å². The topological polar surface area (TPSA) is 161 Å².